The van der Waals surface area contributed by atoms with Crippen LogP contribution in [0.5, 0.6) is 0 Å². The summed E-state index contributed by atoms with van der Waals surface area (Å²) in [5.41, 5.74) is -0.340. The lowest BCUT2D eigenvalue weighted by atomic mass is 9.78. The summed E-state index contributed by atoms with van der Waals surface area (Å²) in [7, 11) is 0. The molecule has 0 aliphatic heterocycles. The van der Waals surface area contributed by atoms with E-state index < -0.39 is 0 Å². The SMILES string of the molecule is CCCCC(CC)(CC)C(=O)OCCOCCOCCOCCO. The molecule has 0 radical (unpaired) electrons. The number of aliphatic hydroxyl groups excluding tert-OH is 1. The van der Waals surface area contributed by atoms with E-state index in [9.17, 15) is 4.79 Å². The molecule has 0 aliphatic rings. The fraction of sp³-hybridized carbons (Fsp3) is 0.944. The van der Waals surface area contributed by atoms with Crippen molar-refractivity contribution in [3.63, 3.8) is 0 Å². The van der Waals surface area contributed by atoms with Gasteiger partial charge >= 0.3 is 5.97 Å². The molecule has 0 rings (SSSR count). The minimum absolute atomic E-state index is 0.0254. The fourth-order valence-electron chi connectivity index (χ4n) is 2.46. The number of rotatable bonds is 17. The van der Waals surface area contributed by atoms with E-state index in [1.807, 2.05) is 0 Å². The molecule has 0 bridgehead atoms. The van der Waals surface area contributed by atoms with E-state index in [0.29, 0.717) is 39.6 Å². The first-order valence-corrected chi connectivity index (χ1v) is 9.18. The van der Waals surface area contributed by atoms with Gasteiger partial charge < -0.3 is 24.1 Å². The first kappa shape index (κ1) is 23.3. The van der Waals surface area contributed by atoms with Gasteiger partial charge in [-0.1, -0.05) is 33.6 Å². The summed E-state index contributed by atoms with van der Waals surface area (Å²) in [5.74, 6) is -0.0955. The van der Waals surface area contributed by atoms with Gasteiger partial charge in [-0.05, 0) is 19.3 Å². The van der Waals surface area contributed by atoms with Crippen LogP contribution in [0, 0.1) is 5.41 Å². The van der Waals surface area contributed by atoms with Crippen molar-refractivity contribution < 1.29 is 28.8 Å². The number of hydrogen-bond donors (Lipinski definition) is 1. The molecule has 24 heavy (non-hydrogen) atoms. The lowest BCUT2D eigenvalue weighted by Crippen LogP contribution is -2.32. The molecule has 0 heterocycles. The highest BCUT2D eigenvalue weighted by Crippen LogP contribution is 2.34. The minimum atomic E-state index is -0.340. The molecule has 6 heteroatoms. The van der Waals surface area contributed by atoms with Gasteiger partial charge in [0.05, 0.1) is 51.7 Å². The Kier molecular flexibility index (Phi) is 15.4. The Hall–Kier alpha value is -0.690. The first-order valence-electron chi connectivity index (χ1n) is 9.18. The summed E-state index contributed by atoms with van der Waals surface area (Å²) < 4.78 is 21.2. The second-order valence-electron chi connectivity index (χ2n) is 5.79. The number of ether oxygens (including phenoxy) is 4. The van der Waals surface area contributed by atoms with Crippen molar-refractivity contribution in [1.29, 1.82) is 0 Å². The van der Waals surface area contributed by atoms with Crippen LogP contribution in [0.2, 0.25) is 0 Å². The van der Waals surface area contributed by atoms with E-state index >= 15 is 0 Å². The van der Waals surface area contributed by atoms with Crippen LogP contribution in [-0.4, -0.2) is 63.9 Å². The molecule has 144 valence electrons. The summed E-state index contributed by atoms with van der Waals surface area (Å²) in [5, 5.41) is 8.53. The van der Waals surface area contributed by atoms with Crippen molar-refractivity contribution in [1.82, 2.24) is 0 Å². The maximum absolute atomic E-state index is 12.4. The summed E-state index contributed by atoms with van der Waals surface area (Å²) in [6.45, 7) is 9.14. The van der Waals surface area contributed by atoms with Gasteiger partial charge in [-0.2, -0.15) is 0 Å². The van der Waals surface area contributed by atoms with Crippen LogP contribution < -0.4 is 0 Å². The minimum Gasteiger partial charge on any atom is -0.463 e. The van der Waals surface area contributed by atoms with Crippen molar-refractivity contribution >= 4 is 5.97 Å². The molecule has 0 fully saturated rings. The lowest BCUT2D eigenvalue weighted by Gasteiger charge is -2.29. The van der Waals surface area contributed by atoms with Gasteiger partial charge in [0.15, 0.2) is 0 Å². The monoisotopic (exact) mass is 348 g/mol. The third kappa shape index (κ3) is 10.2. The highest BCUT2D eigenvalue weighted by Gasteiger charge is 2.35. The van der Waals surface area contributed by atoms with E-state index in [0.717, 1.165) is 32.1 Å². The van der Waals surface area contributed by atoms with Crippen LogP contribution in [0.4, 0.5) is 0 Å². The molecule has 0 unspecified atom stereocenters. The van der Waals surface area contributed by atoms with Gasteiger partial charge in [-0.25, -0.2) is 0 Å². The molecule has 0 atom stereocenters. The van der Waals surface area contributed by atoms with Gasteiger partial charge in [0.25, 0.3) is 0 Å². The van der Waals surface area contributed by atoms with Crippen molar-refractivity contribution in [2.24, 2.45) is 5.41 Å². The van der Waals surface area contributed by atoms with E-state index in [-0.39, 0.29) is 24.6 Å². The molecule has 0 saturated carbocycles. The van der Waals surface area contributed by atoms with Gasteiger partial charge in [0.2, 0.25) is 0 Å². The van der Waals surface area contributed by atoms with E-state index in [1.165, 1.54) is 0 Å². The number of esters is 1. The standard InChI is InChI=1S/C18H36O6/c1-4-7-8-18(5-2,6-3)17(20)24-16-15-23-14-13-22-12-11-21-10-9-19/h19H,4-16H2,1-3H3. The van der Waals surface area contributed by atoms with Gasteiger partial charge in [0, 0.05) is 0 Å². The molecular formula is C18H36O6. The predicted octanol–water partition coefficient (Wildman–Crippen LogP) is 2.57. The molecule has 0 amide bonds. The normalized spacial score (nSPS) is 11.7. The topological polar surface area (TPSA) is 74.2 Å². The zero-order chi connectivity index (χ0) is 18.1. The average molecular weight is 348 g/mol. The molecule has 0 aromatic heterocycles. The second kappa shape index (κ2) is 15.8. The van der Waals surface area contributed by atoms with Gasteiger partial charge in [-0.15, -0.1) is 0 Å². The van der Waals surface area contributed by atoms with Crippen LogP contribution in [0.1, 0.15) is 52.9 Å². The van der Waals surface area contributed by atoms with E-state index in [2.05, 4.69) is 20.8 Å². The summed E-state index contributed by atoms with van der Waals surface area (Å²) in [6.07, 6.45) is 4.66. The van der Waals surface area contributed by atoms with Crippen LogP contribution in [0.15, 0.2) is 0 Å². The number of hydrogen-bond acceptors (Lipinski definition) is 6. The Morgan fingerprint density at radius 3 is 1.79 bits per heavy atom. The molecule has 0 aliphatic carbocycles. The van der Waals surface area contributed by atoms with Crippen LogP contribution in [0.25, 0.3) is 0 Å². The largest absolute Gasteiger partial charge is 0.463 e. The summed E-state index contributed by atoms with van der Waals surface area (Å²) in [4.78, 5) is 12.4. The number of carbonyl (C=O) groups is 1. The van der Waals surface area contributed by atoms with Gasteiger partial charge in [-0.3, -0.25) is 4.79 Å². The molecule has 1 N–H and O–H groups in total. The quantitative estimate of drug-likeness (QED) is 0.322. The Labute approximate surface area is 146 Å². The van der Waals surface area contributed by atoms with E-state index in [1.54, 1.807) is 0 Å². The first-order chi connectivity index (χ1) is 11.7. The zero-order valence-electron chi connectivity index (χ0n) is 15.7. The number of aliphatic hydroxyl groups is 1. The molecule has 0 spiro atoms. The number of unbranched alkanes of at least 4 members (excludes halogenated alkanes) is 1. The van der Waals surface area contributed by atoms with Crippen molar-refractivity contribution in [3.8, 4) is 0 Å². The molecule has 0 saturated heterocycles. The molecular weight excluding hydrogens is 312 g/mol. The highest BCUT2D eigenvalue weighted by atomic mass is 16.6. The molecule has 6 nitrogen and oxygen atoms in total. The van der Waals surface area contributed by atoms with Crippen LogP contribution >= 0.6 is 0 Å². The fourth-order valence-corrected chi connectivity index (χ4v) is 2.46. The Morgan fingerprint density at radius 2 is 1.33 bits per heavy atom. The maximum atomic E-state index is 12.4. The van der Waals surface area contributed by atoms with Crippen LogP contribution in [-0.2, 0) is 23.7 Å². The lowest BCUT2D eigenvalue weighted by molar-refractivity contribution is -0.159. The highest BCUT2D eigenvalue weighted by molar-refractivity contribution is 5.76. The average Bonchev–Trinajstić information content (AvgIpc) is 2.61. The number of carbonyl (C=O) groups excluding carboxylic acids is 1. The smallest absolute Gasteiger partial charge is 0.312 e. The third-order valence-corrected chi connectivity index (χ3v) is 4.24. The Morgan fingerprint density at radius 1 is 0.833 bits per heavy atom. The van der Waals surface area contributed by atoms with Crippen molar-refractivity contribution in [2.45, 2.75) is 52.9 Å². The maximum Gasteiger partial charge on any atom is 0.312 e. The van der Waals surface area contributed by atoms with Crippen LogP contribution in [0.3, 0.4) is 0 Å². The molecule has 0 aromatic rings. The third-order valence-electron chi connectivity index (χ3n) is 4.24. The zero-order valence-corrected chi connectivity index (χ0v) is 15.7. The summed E-state index contributed by atoms with van der Waals surface area (Å²) in [6, 6.07) is 0. The van der Waals surface area contributed by atoms with Crippen molar-refractivity contribution in [3.05, 3.63) is 0 Å². The molecule has 0 aromatic carbocycles. The Bertz CT molecular complexity index is 291. The van der Waals surface area contributed by atoms with E-state index in [4.69, 9.17) is 24.1 Å². The van der Waals surface area contributed by atoms with Crippen molar-refractivity contribution in [2.75, 3.05) is 52.9 Å². The summed E-state index contributed by atoms with van der Waals surface area (Å²) >= 11 is 0. The van der Waals surface area contributed by atoms with Gasteiger partial charge in [0.1, 0.15) is 6.61 Å². The Balaban J connectivity index is 3.69. The second-order valence-corrected chi connectivity index (χ2v) is 5.79. The predicted molar refractivity (Wildman–Crippen MR) is 93.0 cm³/mol.